The van der Waals surface area contributed by atoms with Crippen LogP contribution < -0.4 is 16.2 Å². The van der Waals surface area contributed by atoms with E-state index in [1.54, 1.807) is 12.1 Å². The molecule has 7 nitrogen and oxygen atoms in total. The highest BCUT2D eigenvalue weighted by Gasteiger charge is 2.48. The first-order valence-corrected chi connectivity index (χ1v) is 12.7. The summed E-state index contributed by atoms with van der Waals surface area (Å²) in [7, 11) is 1.99. The van der Waals surface area contributed by atoms with E-state index in [0.717, 1.165) is 74.5 Å². The molecule has 3 aliphatic rings. The first-order chi connectivity index (χ1) is 16.6. The average molecular weight is 469 g/mol. The van der Waals surface area contributed by atoms with E-state index in [-0.39, 0.29) is 29.7 Å². The lowest BCUT2D eigenvalue weighted by Crippen LogP contribution is -2.45. The van der Waals surface area contributed by atoms with Gasteiger partial charge in [-0.2, -0.15) is 0 Å². The Morgan fingerprint density at radius 1 is 1.26 bits per heavy atom. The molecule has 0 amide bonds. The summed E-state index contributed by atoms with van der Waals surface area (Å²) < 4.78 is 15.8. The normalized spacial score (nSPS) is 29.7. The number of hydrogen-bond acceptors (Lipinski definition) is 6. The van der Waals surface area contributed by atoms with Crippen LogP contribution in [0.1, 0.15) is 60.8 Å². The van der Waals surface area contributed by atoms with Crippen molar-refractivity contribution in [3.8, 4) is 5.75 Å². The lowest BCUT2D eigenvalue weighted by atomic mass is 9.71. The number of aromatic nitrogens is 2. The Morgan fingerprint density at radius 2 is 2.15 bits per heavy atom. The van der Waals surface area contributed by atoms with Crippen molar-refractivity contribution in [2.45, 2.75) is 56.8 Å². The zero-order valence-electron chi connectivity index (χ0n) is 20.1. The van der Waals surface area contributed by atoms with E-state index < -0.39 is 6.17 Å². The number of nitrogens with zero attached hydrogens (tertiary/aromatic N) is 2. The molecule has 5 unspecified atom stereocenters. The smallest absolute Gasteiger partial charge is 0.125 e. The molecule has 2 aliphatic heterocycles. The maximum Gasteiger partial charge on any atom is 0.125 e. The van der Waals surface area contributed by atoms with E-state index in [9.17, 15) is 5.11 Å². The predicted octanol–water partition coefficient (Wildman–Crippen LogP) is 3.04. The van der Waals surface area contributed by atoms with E-state index >= 15 is 4.39 Å². The van der Waals surface area contributed by atoms with E-state index in [0.29, 0.717) is 0 Å². The topological polar surface area (TPSA) is 88.2 Å². The Balaban J connectivity index is 1.27. The third-order valence-electron chi connectivity index (χ3n) is 7.95. The second kappa shape index (κ2) is 10.2. The number of aromatic hydroxyl groups is 1. The molecule has 3 heterocycles. The molecule has 5 rings (SSSR count). The van der Waals surface area contributed by atoms with Gasteiger partial charge in [-0.15, -0.1) is 0 Å². The number of imidazole rings is 1. The van der Waals surface area contributed by atoms with Gasteiger partial charge in [-0.25, -0.2) is 14.8 Å². The number of benzene rings is 1. The lowest BCUT2D eigenvalue weighted by Gasteiger charge is -2.36. The number of halogens is 1. The van der Waals surface area contributed by atoms with Gasteiger partial charge in [0.1, 0.15) is 17.7 Å². The van der Waals surface area contributed by atoms with Crippen LogP contribution in [0.25, 0.3) is 5.57 Å². The number of H-pyrrole nitrogens is 1. The maximum absolute atomic E-state index is 15.8. The second-order valence-electron chi connectivity index (χ2n) is 9.89. The van der Waals surface area contributed by atoms with Gasteiger partial charge in [0.2, 0.25) is 0 Å². The first kappa shape index (κ1) is 23.5. The highest BCUT2D eigenvalue weighted by Crippen LogP contribution is 2.45. The number of aromatic amines is 1. The molecule has 2 fully saturated rings. The molecule has 5 N–H and O–H groups in total. The maximum atomic E-state index is 15.8. The number of nitrogens with one attached hydrogen (secondary N) is 4. The van der Waals surface area contributed by atoms with E-state index in [1.807, 2.05) is 19.3 Å². The minimum atomic E-state index is -0.995. The molecule has 184 valence electrons. The van der Waals surface area contributed by atoms with Crippen LogP contribution in [-0.4, -0.2) is 65.4 Å². The van der Waals surface area contributed by atoms with E-state index in [4.69, 9.17) is 4.98 Å². The average Bonchev–Trinajstić information content (AvgIpc) is 3.51. The molecule has 34 heavy (non-hydrogen) atoms. The van der Waals surface area contributed by atoms with Crippen LogP contribution in [0.3, 0.4) is 0 Å². The number of aryl methyl sites for hydroxylation is 1. The Hall–Kier alpha value is -2.26. The summed E-state index contributed by atoms with van der Waals surface area (Å²) in [5.41, 5.74) is 11.1. The number of alkyl halides is 1. The van der Waals surface area contributed by atoms with Gasteiger partial charge in [0.25, 0.3) is 0 Å². The van der Waals surface area contributed by atoms with Gasteiger partial charge < -0.3 is 15.4 Å². The summed E-state index contributed by atoms with van der Waals surface area (Å²) in [4.78, 5) is 10.7. The highest BCUT2D eigenvalue weighted by atomic mass is 19.1. The quantitative estimate of drug-likeness (QED) is 0.429. The molecule has 1 aromatic carbocycles. The number of rotatable bonds is 7. The summed E-state index contributed by atoms with van der Waals surface area (Å²) in [6.07, 6.45) is 6.74. The fourth-order valence-corrected chi connectivity index (χ4v) is 6.00. The predicted molar refractivity (Wildman–Crippen MR) is 132 cm³/mol. The summed E-state index contributed by atoms with van der Waals surface area (Å²) in [6.45, 7) is 6.13. The molecule has 0 bridgehead atoms. The molecular weight excluding hydrogens is 431 g/mol. The lowest BCUT2D eigenvalue weighted by molar-refractivity contribution is 0.135. The molecule has 1 saturated heterocycles. The fraction of sp³-hybridized carbons (Fsp3) is 0.577. The first-order valence-electron chi connectivity index (χ1n) is 12.7. The van der Waals surface area contributed by atoms with E-state index in [1.165, 1.54) is 5.57 Å². The third kappa shape index (κ3) is 4.52. The summed E-state index contributed by atoms with van der Waals surface area (Å²) in [5.74, 6) is 1.12. The van der Waals surface area contributed by atoms with Crippen LogP contribution in [-0.2, 0) is 6.42 Å². The van der Waals surface area contributed by atoms with Crippen LogP contribution >= 0.6 is 0 Å². The zero-order chi connectivity index (χ0) is 23.7. The van der Waals surface area contributed by atoms with Crippen molar-refractivity contribution in [3.63, 3.8) is 0 Å². The number of hydrazine groups is 1. The Bertz CT molecular complexity index is 1020. The van der Waals surface area contributed by atoms with Crippen molar-refractivity contribution in [1.29, 1.82) is 0 Å². The van der Waals surface area contributed by atoms with Crippen LogP contribution in [0.4, 0.5) is 4.39 Å². The fourth-order valence-electron chi connectivity index (χ4n) is 6.00. The standard InChI is InChI=1S/C26H37FN6O/c1-3-16-14-18(34)4-5-19(16)20-6-7-21-24(23(20)27)31-32-25(21)26-29-15-22(30-26)17-8-11-33(12-9-17)13-10-28-2/h4-5,8,14-15,20-21,23-25,28,31-32,34H,3,6-7,9-13H2,1-2H3,(H,29,30). The Morgan fingerprint density at radius 3 is 2.91 bits per heavy atom. The summed E-state index contributed by atoms with van der Waals surface area (Å²) >= 11 is 0. The van der Waals surface area contributed by atoms with Gasteiger partial charge >= 0.3 is 0 Å². The molecule has 1 saturated carbocycles. The van der Waals surface area contributed by atoms with Crippen LogP contribution in [0, 0.1) is 5.92 Å². The van der Waals surface area contributed by atoms with Crippen molar-refractivity contribution in [1.82, 2.24) is 31.0 Å². The SMILES string of the molecule is CCc1cc(O)ccc1C1CCC2C(c3ncc(C4=CCN(CCNC)CC4)[nH]3)NNC2C1F. The molecule has 0 spiro atoms. The van der Waals surface area contributed by atoms with E-state index in [2.05, 4.69) is 39.1 Å². The number of phenolic OH excluding ortho intramolecular Hbond substituents is 1. The van der Waals surface area contributed by atoms with Crippen molar-refractivity contribution >= 4 is 5.57 Å². The molecule has 8 heteroatoms. The Labute approximate surface area is 201 Å². The van der Waals surface area contributed by atoms with Crippen LogP contribution in [0.2, 0.25) is 0 Å². The summed E-state index contributed by atoms with van der Waals surface area (Å²) in [5, 5.41) is 13.1. The second-order valence-corrected chi connectivity index (χ2v) is 9.89. The molecule has 1 aliphatic carbocycles. The van der Waals surface area contributed by atoms with Gasteiger partial charge in [0.05, 0.1) is 24.0 Å². The molecule has 0 radical (unpaired) electrons. The summed E-state index contributed by atoms with van der Waals surface area (Å²) in [6, 6.07) is 5.08. The van der Waals surface area contributed by atoms with Gasteiger partial charge in [0.15, 0.2) is 0 Å². The van der Waals surface area contributed by atoms with Crippen LogP contribution in [0.5, 0.6) is 5.75 Å². The van der Waals surface area contributed by atoms with Crippen molar-refractivity contribution in [2.75, 3.05) is 33.2 Å². The third-order valence-corrected chi connectivity index (χ3v) is 7.95. The van der Waals surface area contributed by atoms with Crippen molar-refractivity contribution in [2.24, 2.45) is 5.92 Å². The number of hydrogen-bond donors (Lipinski definition) is 5. The van der Waals surface area contributed by atoms with Gasteiger partial charge in [-0.3, -0.25) is 10.3 Å². The number of phenols is 1. The monoisotopic (exact) mass is 468 g/mol. The molecular formula is C26H37FN6O. The number of likely N-dealkylation sites (N-methyl/N-ethyl adjacent to an activating group) is 1. The zero-order valence-corrected chi connectivity index (χ0v) is 20.1. The number of fused-ring (bicyclic) bond motifs is 1. The largest absolute Gasteiger partial charge is 0.508 e. The minimum Gasteiger partial charge on any atom is -0.508 e. The van der Waals surface area contributed by atoms with Crippen LogP contribution in [0.15, 0.2) is 30.5 Å². The highest BCUT2D eigenvalue weighted by molar-refractivity contribution is 5.63. The van der Waals surface area contributed by atoms with Gasteiger partial charge in [-0.1, -0.05) is 19.1 Å². The minimum absolute atomic E-state index is 0.0280. The van der Waals surface area contributed by atoms with Crippen molar-refractivity contribution in [3.05, 3.63) is 53.1 Å². The molecule has 5 atom stereocenters. The van der Waals surface area contributed by atoms with Crippen molar-refractivity contribution < 1.29 is 9.50 Å². The van der Waals surface area contributed by atoms with Gasteiger partial charge in [0, 0.05) is 38.0 Å². The Kier molecular flexibility index (Phi) is 7.01. The van der Waals surface area contributed by atoms with Gasteiger partial charge in [-0.05, 0) is 61.6 Å². The molecule has 2 aromatic rings. The molecule has 1 aromatic heterocycles.